The van der Waals surface area contributed by atoms with Crippen LogP contribution in [0, 0.1) is 6.92 Å². The molecule has 0 aliphatic carbocycles. The van der Waals surface area contributed by atoms with E-state index in [4.69, 9.17) is 4.52 Å². The smallest absolute Gasteiger partial charge is 0.273 e. The number of rotatable bonds is 10. The molecule has 0 fully saturated rings. The fourth-order valence-electron chi connectivity index (χ4n) is 3.54. The molecule has 0 spiro atoms. The van der Waals surface area contributed by atoms with Crippen LogP contribution in [-0.4, -0.2) is 21.9 Å². The van der Waals surface area contributed by atoms with Crippen LogP contribution in [0.25, 0.3) is 0 Å². The number of thiophene rings is 1. The summed E-state index contributed by atoms with van der Waals surface area (Å²) in [5.74, 6) is 0.194. The van der Waals surface area contributed by atoms with E-state index in [1.165, 1.54) is 5.56 Å². The average molecular weight is 474 g/mol. The van der Waals surface area contributed by atoms with Gasteiger partial charge in [0.25, 0.3) is 5.91 Å². The lowest BCUT2D eigenvalue weighted by atomic mass is 10.1. The first-order valence-electron chi connectivity index (χ1n) is 11.2. The zero-order chi connectivity index (χ0) is 23.8. The number of aromatic nitrogens is 1. The molecular formula is C27H27N3O3S. The number of benzene rings is 2. The van der Waals surface area contributed by atoms with Gasteiger partial charge in [-0.15, -0.1) is 11.3 Å². The van der Waals surface area contributed by atoms with Gasteiger partial charge in [0.05, 0.1) is 13.1 Å². The number of amides is 2. The summed E-state index contributed by atoms with van der Waals surface area (Å²) in [6.45, 7) is 3.17. The fraction of sp³-hybridized carbons (Fsp3) is 0.222. The summed E-state index contributed by atoms with van der Waals surface area (Å²) < 4.78 is 5.41. The van der Waals surface area contributed by atoms with E-state index in [2.05, 4.69) is 10.5 Å². The number of hydrogen-bond acceptors (Lipinski definition) is 5. The van der Waals surface area contributed by atoms with E-state index in [9.17, 15) is 9.59 Å². The first kappa shape index (κ1) is 23.4. The van der Waals surface area contributed by atoms with E-state index in [-0.39, 0.29) is 24.1 Å². The molecule has 0 aliphatic heterocycles. The van der Waals surface area contributed by atoms with Crippen molar-refractivity contribution in [3.05, 3.63) is 111 Å². The van der Waals surface area contributed by atoms with Crippen molar-refractivity contribution in [1.82, 2.24) is 15.4 Å². The Bertz CT molecular complexity index is 1200. The van der Waals surface area contributed by atoms with Gasteiger partial charge in [0, 0.05) is 23.9 Å². The van der Waals surface area contributed by atoms with Crippen LogP contribution in [0.5, 0.6) is 0 Å². The molecule has 4 rings (SSSR count). The predicted molar refractivity (Wildman–Crippen MR) is 132 cm³/mol. The molecule has 0 radical (unpaired) electrons. The third-order valence-corrected chi connectivity index (χ3v) is 6.32. The molecule has 4 aromatic rings. The zero-order valence-electron chi connectivity index (χ0n) is 19.1. The Kier molecular flexibility index (Phi) is 7.88. The van der Waals surface area contributed by atoms with Gasteiger partial charge in [-0.2, -0.15) is 0 Å². The molecule has 174 valence electrons. The van der Waals surface area contributed by atoms with E-state index in [1.54, 1.807) is 22.3 Å². The van der Waals surface area contributed by atoms with Crippen molar-refractivity contribution in [3.8, 4) is 0 Å². The Labute approximate surface area is 203 Å². The van der Waals surface area contributed by atoms with Crippen LogP contribution in [0.4, 0.5) is 0 Å². The maximum atomic E-state index is 13.1. The Morgan fingerprint density at radius 2 is 1.76 bits per heavy atom. The van der Waals surface area contributed by atoms with Crippen LogP contribution >= 0.6 is 11.3 Å². The highest BCUT2D eigenvalue weighted by Crippen LogP contribution is 2.17. The minimum absolute atomic E-state index is 0.0269. The number of carbonyl (C=O) groups excluding carboxylic acids is 2. The molecule has 34 heavy (non-hydrogen) atoms. The Morgan fingerprint density at radius 3 is 2.50 bits per heavy atom. The third kappa shape index (κ3) is 6.65. The summed E-state index contributed by atoms with van der Waals surface area (Å²) in [7, 11) is 0. The summed E-state index contributed by atoms with van der Waals surface area (Å²) in [6.07, 6.45) is 1.07. The van der Waals surface area contributed by atoms with Gasteiger partial charge in [-0.1, -0.05) is 71.4 Å². The molecule has 0 unspecified atom stereocenters. The van der Waals surface area contributed by atoms with Crippen molar-refractivity contribution >= 4 is 23.2 Å². The quantitative estimate of drug-likeness (QED) is 0.346. The molecule has 0 aliphatic rings. The third-order valence-electron chi connectivity index (χ3n) is 5.46. The van der Waals surface area contributed by atoms with Crippen LogP contribution in [0.3, 0.4) is 0 Å². The Morgan fingerprint density at radius 1 is 0.971 bits per heavy atom. The van der Waals surface area contributed by atoms with Gasteiger partial charge >= 0.3 is 0 Å². The van der Waals surface area contributed by atoms with Gasteiger partial charge in [-0.05, 0) is 35.9 Å². The van der Waals surface area contributed by atoms with E-state index in [0.29, 0.717) is 31.7 Å². The molecule has 0 saturated carbocycles. The minimum atomic E-state index is -0.309. The number of aryl methyl sites for hydroxylation is 2. The summed E-state index contributed by atoms with van der Waals surface area (Å²) in [5.41, 5.74) is 3.50. The topological polar surface area (TPSA) is 75.4 Å². The standard InChI is InChI=1S/C27H27N3O3S/c1-20-9-11-22(12-10-20)17-28-27(32)25-16-23(33-29-25)18-30(19-24-8-5-15-34-24)26(31)14-13-21-6-3-2-4-7-21/h2-12,15-16H,13-14,17-19H2,1H3,(H,28,32). The molecule has 2 amide bonds. The first-order valence-corrected chi connectivity index (χ1v) is 12.1. The first-order chi connectivity index (χ1) is 16.6. The van der Waals surface area contributed by atoms with Crippen LogP contribution in [0.1, 0.15) is 44.2 Å². The van der Waals surface area contributed by atoms with Crippen molar-refractivity contribution in [3.63, 3.8) is 0 Å². The number of hydrogen-bond donors (Lipinski definition) is 1. The summed E-state index contributed by atoms with van der Waals surface area (Å²) in [6, 6.07) is 23.5. The molecular weight excluding hydrogens is 446 g/mol. The molecule has 2 heterocycles. The lowest BCUT2D eigenvalue weighted by molar-refractivity contribution is -0.132. The Balaban J connectivity index is 1.38. The minimum Gasteiger partial charge on any atom is -0.359 e. The van der Waals surface area contributed by atoms with Gasteiger partial charge in [0.15, 0.2) is 11.5 Å². The highest BCUT2D eigenvalue weighted by molar-refractivity contribution is 7.09. The van der Waals surface area contributed by atoms with Crippen molar-refractivity contribution < 1.29 is 14.1 Å². The van der Waals surface area contributed by atoms with Crippen LogP contribution < -0.4 is 5.32 Å². The molecule has 1 N–H and O–H groups in total. The molecule has 0 atom stereocenters. The monoisotopic (exact) mass is 473 g/mol. The highest BCUT2D eigenvalue weighted by atomic mass is 32.1. The zero-order valence-corrected chi connectivity index (χ0v) is 19.9. The maximum Gasteiger partial charge on any atom is 0.273 e. The SMILES string of the molecule is Cc1ccc(CNC(=O)c2cc(CN(Cc3cccs3)C(=O)CCc3ccccc3)on2)cc1. The van der Waals surface area contributed by atoms with Gasteiger partial charge in [-0.25, -0.2) is 0 Å². The predicted octanol–water partition coefficient (Wildman–Crippen LogP) is 5.14. The lowest BCUT2D eigenvalue weighted by Crippen LogP contribution is -2.30. The maximum absolute atomic E-state index is 13.1. The van der Waals surface area contributed by atoms with Crippen molar-refractivity contribution in [1.29, 1.82) is 0 Å². The second-order valence-corrected chi connectivity index (χ2v) is 9.19. The summed E-state index contributed by atoms with van der Waals surface area (Å²) >= 11 is 1.60. The number of nitrogens with one attached hydrogen (secondary N) is 1. The fourth-order valence-corrected chi connectivity index (χ4v) is 4.26. The normalized spacial score (nSPS) is 10.7. The van der Waals surface area contributed by atoms with Gasteiger partial charge in [-0.3, -0.25) is 9.59 Å². The van der Waals surface area contributed by atoms with E-state index in [1.807, 2.05) is 79.0 Å². The van der Waals surface area contributed by atoms with Crippen LogP contribution in [0.2, 0.25) is 0 Å². The van der Waals surface area contributed by atoms with Crippen molar-refractivity contribution in [2.45, 2.75) is 39.4 Å². The number of nitrogens with zero attached hydrogens (tertiary/aromatic N) is 2. The summed E-state index contributed by atoms with van der Waals surface area (Å²) in [5, 5.41) is 8.77. The number of carbonyl (C=O) groups is 2. The van der Waals surface area contributed by atoms with Crippen LogP contribution in [0.15, 0.2) is 82.7 Å². The molecule has 7 heteroatoms. The second kappa shape index (κ2) is 11.4. The summed E-state index contributed by atoms with van der Waals surface area (Å²) in [4.78, 5) is 28.4. The van der Waals surface area contributed by atoms with E-state index in [0.717, 1.165) is 16.0 Å². The second-order valence-electron chi connectivity index (χ2n) is 8.16. The van der Waals surface area contributed by atoms with Gasteiger partial charge in [0.1, 0.15) is 0 Å². The van der Waals surface area contributed by atoms with Crippen molar-refractivity contribution in [2.24, 2.45) is 0 Å². The van der Waals surface area contributed by atoms with Crippen molar-refractivity contribution in [2.75, 3.05) is 0 Å². The molecule has 2 aromatic heterocycles. The lowest BCUT2D eigenvalue weighted by Gasteiger charge is -2.21. The van der Waals surface area contributed by atoms with E-state index >= 15 is 0 Å². The molecule has 6 nitrogen and oxygen atoms in total. The molecule has 0 bridgehead atoms. The van der Waals surface area contributed by atoms with Gasteiger partial charge in [0.2, 0.25) is 5.91 Å². The average Bonchev–Trinajstić information content (AvgIpc) is 3.55. The molecule has 2 aromatic carbocycles. The van der Waals surface area contributed by atoms with E-state index < -0.39 is 0 Å². The highest BCUT2D eigenvalue weighted by Gasteiger charge is 2.19. The molecule has 0 saturated heterocycles. The van der Waals surface area contributed by atoms with Gasteiger partial charge < -0.3 is 14.7 Å². The largest absolute Gasteiger partial charge is 0.359 e. The van der Waals surface area contributed by atoms with Crippen LogP contribution in [-0.2, 0) is 30.8 Å². The Hall–Kier alpha value is -3.71.